The van der Waals surface area contributed by atoms with Gasteiger partial charge >= 0.3 is 0 Å². The summed E-state index contributed by atoms with van der Waals surface area (Å²) < 4.78 is 7.42. The highest BCUT2D eigenvalue weighted by molar-refractivity contribution is 6.30. The van der Waals surface area contributed by atoms with Gasteiger partial charge in [0.05, 0.1) is 16.9 Å². The summed E-state index contributed by atoms with van der Waals surface area (Å²) in [5.41, 5.74) is 8.09. The minimum Gasteiger partial charge on any atom is -0.488 e. The fourth-order valence-corrected chi connectivity index (χ4v) is 2.71. The Morgan fingerprint density at radius 2 is 1.83 bits per heavy atom. The molecule has 6 heteroatoms. The van der Waals surface area contributed by atoms with Gasteiger partial charge in [0.25, 0.3) is 5.91 Å². The van der Waals surface area contributed by atoms with Crippen molar-refractivity contribution >= 4 is 17.5 Å². The first-order valence-corrected chi connectivity index (χ1v) is 7.76. The summed E-state index contributed by atoms with van der Waals surface area (Å²) in [7, 11) is 0. The molecule has 0 saturated carbocycles. The number of nitrogens with two attached hydrogens (primary N) is 1. The fraction of sp³-hybridized carbons (Fsp3) is 0.111. The fourth-order valence-electron chi connectivity index (χ4n) is 2.38. The predicted octanol–water partition coefficient (Wildman–Crippen LogP) is 3.51. The largest absolute Gasteiger partial charge is 0.488 e. The van der Waals surface area contributed by atoms with Crippen LogP contribution in [-0.4, -0.2) is 15.7 Å². The molecule has 2 N–H and O–H groups in total. The molecule has 0 unspecified atom stereocenters. The number of benzene rings is 2. The summed E-state index contributed by atoms with van der Waals surface area (Å²) in [6.07, 6.45) is 0. The van der Waals surface area contributed by atoms with E-state index in [1.165, 1.54) is 0 Å². The number of amides is 1. The molecule has 0 radical (unpaired) electrons. The second kappa shape index (κ2) is 6.76. The van der Waals surface area contributed by atoms with Gasteiger partial charge in [0.15, 0.2) is 0 Å². The number of halogens is 1. The molecule has 3 aromatic rings. The molecule has 0 aliphatic carbocycles. The molecule has 0 atom stereocenters. The first kappa shape index (κ1) is 16.1. The maximum Gasteiger partial charge on any atom is 0.252 e. The Hall–Kier alpha value is -2.79. The van der Waals surface area contributed by atoms with Crippen molar-refractivity contribution in [1.29, 1.82) is 0 Å². The van der Waals surface area contributed by atoms with Gasteiger partial charge in [-0.1, -0.05) is 41.9 Å². The lowest BCUT2D eigenvalue weighted by Gasteiger charge is -2.09. The van der Waals surface area contributed by atoms with Crippen LogP contribution in [-0.2, 0) is 6.61 Å². The molecular weight excluding hydrogens is 326 g/mol. The Bertz CT molecular complexity index is 875. The standard InChI is InChI=1S/C18H16ClN3O2/c1-12-15(11-24-16-10-6-5-9-14(16)18(20)23)17(19)22(21-12)13-7-3-2-4-8-13/h2-10H,11H2,1H3,(H2,20,23). The Morgan fingerprint density at radius 3 is 2.54 bits per heavy atom. The van der Waals surface area contributed by atoms with E-state index < -0.39 is 5.91 Å². The monoisotopic (exact) mass is 341 g/mol. The summed E-state index contributed by atoms with van der Waals surface area (Å²) in [5.74, 6) is -0.110. The average Bonchev–Trinajstić information content (AvgIpc) is 2.88. The van der Waals surface area contributed by atoms with Crippen molar-refractivity contribution in [2.75, 3.05) is 0 Å². The Labute approximate surface area is 144 Å². The maximum absolute atomic E-state index is 11.5. The highest BCUT2D eigenvalue weighted by Crippen LogP contribution is 2.26. The molecule has 0 aliphatic rings. The zero-order valence-corrected chi connectivity index (χ0v) is 13.8. The lowest BCUT2D eigenvalue weighted by atomic mass is 10.2. The van der Waals surface area contributed by atoms with E-state index in [9.17, 15) is 4.79 Å². The molecule has 1 aromatic heterocycles. The van der Waals surface area contributed by atoms with E-state index in [2.05, 4.69) is 5.10 Å². The highest BCUT2D eigenvalue weighted by atomic mass is 35.5. The lowest BCUT2D eigenvalue weighted by Crippen LogP contribution is -2.13. The van der Waals surface area contributed by atoms with E-state index >= 15 is 0 Å². The third-order valence-corrected chi connectivity index (χ3v) is 4.04. The van der Waals surface area contributed by atoms with Crippen LogP contribution in [0, 0.1) is 6.92 Å². The summed E-state index contributed by atoms with van der Waals surface area (Å²) >= 11 is 6.46. The maximum atomic E-state index is 11.5. The van der Waals surface area contributed by atoms with Gasteiger partial charge in [-0.2, -0.15) is 5.10 Å². The predicted molar refractivity (Wildman–Crippen MR) is 92.6 cm³/mol. The van der Waals surface area contributed by atoms with Crippen LogP contribution in [0.5, 0.6) is 5.75 Å². The van der Waals surface area contributed by atoms with E-state index in [1.54, 1.807) is 28.9 Å². The Balaban J connectivity index is 1.87. The number of nitrogens with zero attached hydrogens (tertiary/aromatic N) is 2. The number of hydrogen-bond donors (Lipinski definition) is 1. The van der Waals surface area contributed by atoms with Gasteiger partial charge in [0.2, 0.25) is 0 Å². The van der Waals surface area contributed by atoms with Crippen LogP contribution < -0.4 is 10.5 Å². The number of carbonyl (C=O) groups excluding carboxylic acids is 1. The van der Waals surface area contributed by atoms with E-state index in [0.717, 1.165) is 16.9 Å². The Morgan fingerprint density at radius 1 is 1.17 bits per heavy atom. The highest BCUT2D eigenvalue weighted by Gasteiger charge is 2.16. The molecule has 2 aromatic carbocycles. The number of aromatic nitrogens is 2. The van der Waals surface area contributed by atoms with Gasteiger partial charge in [0, 0.05) is 5.56 Å². The van der Waals surface area contributed by atoms with Crippen molar-refractivity contribution in [2.24, 2.45) is 5.73 Å². The van der Waals surface area contributed by atoms with Crippen LogP contribution in [0.2, 0.25) is 5.15 Å². The third kappa shape index (κ3) is 3.12. The summed E-state index contributed by atoms with van der Waals surface area (Å²) in [4.78, 5) is 11.5. The molecule has 122 valence electrons. The number of hydrogen-bond acceptors (Lipinski definition) is 3. The van der Waals surface area contributed by atoms with Crippen molar-refractivity contribution in [3.05, 3.63) is 76.6 Å². The number of aryl methyl sites for hydroxylation is 1. The number of para-hydroxylation sites is 2. The van der Waals surface area contributed by atoms with E-state index in [4.69, 9.17) is 22.1 Å². The van der Waals surface area contributed by atoms with Gasteiger partial charge in [-0.3, -0.25) is 4.79 Å². The van der Waals surface area contributed by atoms with Crippen molar-refractivity contribution in [2.45, 2.75) is 13.5 Å². The quantitative estimate of drug-likeness (QED) is 0.772. The third-order valence-electron chi connectivity index (χ3n) is 3.65. The van der Waals surface area contributed by atoms with Crippen LogP contribution in [0.1, 0.15) is 21.6 Å². The zero-order valence-electron chi connectivity index (χ0n) is 13.1. The van der Waals surface area contributed by atoms with Crippen molar-refractivity contribution in [3.8, 4) is 11.4 Å². The second-order valence-electron chi connectivity index (χ2n) is 5.25. The molecule has 1 amide bonds. The molecule has 3 rings (SSSR count). The van der Waals surface area contributed by atoms with Crippen molar-refractivity contribution in [3.63, 3.8) is 0 Å². The van der Waals surface area contributed by atoms with Gasteiger partial charge < -0.3 is 10.5 Å². The zero-order chi connectivity index (χ0) is 17.1. The smallest absolute Gasteiger partial charge is 0.252 e. The SMILES string of the molecule is Cc1nn(-c2ccccc2)c(Cl)c1COc1ccccc1C(N)=O. The summed E-state index contributed by atoms with van der Waals surface area (Å²) in [5, 5.41) is 4.95. The molecule has 5 nitrogen and oxygen atoms in total. The molecular formula is C18H16ClN3O2. The first-order chi connectivity index (χ1) is 11.6. The van der Waals surface area contributed by atoms with Gasteiger partial charge in [-0.15, -0.1) is 0 Å². The molecule has 1 heterocycles. The first-order valence-electron chi connectivity index (χ1n) is 7.39. The second-order valence-corrected chi connectivity index (χ2v) is 5.61. The van der Waals surface area contributed by atoms with Crippen LogP contribution in [0.25, 0.3) is 5.69 Å². The van der Waals surface area contributed by atoms with Gasteiger partial charge in [-0.25, -0.2) is 4.68 Å². The topological polar surface area (TPSA) is 70.1 Å². The van der Waals surface area contributed by atoms with Crippen molar-refractivity contribution < 1.29 is 9.53 Å². The number of rotatable bonds is 5. The Kier molecular flexibility index (Phi) is 4.53. The summed E-state index contributed by atoms with van der Waals surface area (Å²) in [6, 6.07) is 16.5. The molecule has 0 saturated heterocycles. The number of ether oxygens (including phenoxy) is 1. The van der Waals surface area contributed by atoms with Crippen molar-refractivity contribution in [1.82, 2.24) is 9.78 Å². The van der Waals surface area contributed by atoms with Gasteiger partial charge in [-0.05, 0) is 31.2 Å². The van der Waals surface area contributed by atoms with Crippen LogP contribution >= 0.6 is 11.6 Å². The molecule has 0 bridgehead atoms. The minimum atomic E-state index is -0.534. The van der Waals surface area contributed by atoms with Crippen LogP contribution in [0.15, 0.2) is 54.6 Å². The normalized spacial score (nSPS) is 10.6. The molecule has 0 aliphatic heterocycles. The van der Waals surface area contributed by atoms with Crippen LogP contribution in [0.4, 0.5) is 0 Å². The van der Waals surface area contributed by atoms with E-state index in [-0.39, 0.29) is 6.61 Å². The average molecular weight is 342 g/mol. The number of carbonyl (C=O) groups is 1. The number of primary amides is 1. The van der Waals surface area contributed by atoms with Crippen LogP contribution in [0.3, 0.4) is 0 Å². The molecule has 24 heavy (non-hydrogen) atoms. The van der Waals surface area contributed by atoms with E-state index in [1.807, 2.05) is 37.3 Å². The minimum absolute atomic E-state index is 0.196. The molecule has 0 spiro atoms. The summed E-state index contributed by atoms with van der Waals surface area (Å²) in [6.45, 7) is 2.06. The van der Waals surface area contributed by atoms with Gasteiger partial charge in [0.1, 0.15) is 17.5 Å². The van der Waals surface area contributed by atoms with E-state index in [0.29, 0.717) is 16.5 Å². The molecule has 0 fully saturated rings. The lowest BCUT2D eigenvalue weighted by molar-refractivity contribution is 0.0996.